The van der Waals surface area contributed by atoms with Crippen LogP contribution in [-0.2, 0) is 21.4 Å². The Bertz CT molecular complexity index is 768. The summed E-state index contributed by atoms with van der Waals surface area (Å²) >= 11 is 0. The van der Waals surface area contributed by atoms with E-state index in [2.05, 4.69) is 24.1 Å². The topological polar surface area (TPSA) is 124 Å². The summed E-state index contributed by atoms with van der Waals surface area (Å²) in [6, 6.07) is 5.79. The van der Waals surface area contributed by atoms with Crippen LogP contribution in [0.15, 0.2) is 18.2 Å². The van der Waals surface area contributed by atoms with Gasteiger partial charge in [-0.15, -0.1) is 0 Å². The highest BCUT2D eigenvalue weighted by molar-refractivity contribution is 5.74. The van der Waals surface area contributed by atoms with Crippen molar-refractivity contribution < 1.29 is 24.9 Å². The molecule has 4 rings (SSSR count). The predicted octanol–water partition coefficient (Wildman–Crippen LogP) is 2.34. The molecule has 2 aliphatic carbocycles. The molecule has 1 saturated heterocycles. The number of likely N-dealkylation sites (tertiary alicyclic amines) is 1. The maximum Gasteiger partial charge on any atom is 0.320 e. The number of nitrogens with two attached hydrogens (primary N) is 1. The van der Waals surface area contributed by atoms with E-state index >= 15 is 0 Å². The summed E-state index contributed by atoms with van der Waals surface area (Å²) in [7, 11) is 2.30. The molecule has 2 bridgehead atoms. The number of carboxylic acid groups (broad SMARTS) is 2. The Morgan fingerprint density at radius 1 is 1.28 bits per heavy atom. The molecule has 5 N–H and O–H groups in total. The van der Waals surface area contributed by atoms with Crippen LogP contribution in [0.3, 0.4) is 0 Å². The van der Waals surface area contributed by atoms with Gasteiger partial charge in [0.15, 0.2) is 0 Å². The first-order valence-corrected chi connectivity index (χ1v) is 10.5. The predicted molar refractivity (Wildman–Crippen MR) is 109 cm³/mol. The zero-order chi connectivity index (χ0) is 21.2. The van der Waals surface area contributed by atoms with Gasteiger partial charge in [-0.3, -0.25) is 9.59 Å². The highest BCUT2D eigenvalue weighted by Crippen LogP contribution is 2.55. The Kier molecular flexibility index (Phi) is 6.49. The number of rotatable bonds is 4. The van der Waals surface area contributed by atoms with Gasteiger partial charge in [0.1, 0.15) is 11.8 Å². The summed E-state index contributed by atoms with van der Waals surface area (Å²) in [5.74, 6) is -0.929. The van der Waals surface area contributed by atoms with E-state index in [0.29, 0.717) is 11.2 Å². The summed E-state index contributed by atoms with van der Waals surface area (Å²) in [6.07, 6.45) is 7.70. The molecule has 1 heterocycles. The van der Waals surface area contributed by atoms with Crippen molar-refractivity contribution in [3.8, 4) is 5.75 Å². The molecule has 1 unspecified atom stereocenters. The van der Waals surface area contributed by atoms with Gasteiger partial charge in [-0.2, -0.15) is 0 Å². The number of benzene rings is 1. The number of carbonyl (C=O) groups is 2. The van der Waals surface area contributed by atoms with E-state index in [1.807, 2.05) is 6.07 Å². The summed E-state index contributed by atoms with van der Waals surface area (Å²) in [4.78, 5) is 22.5. The standard InChI is InChI=1S/C17H23NO.C5H9NO4/c1-18-9-8-17-7-3-2-4-14(17)16(18)10-12-5-6-13(19)11-15(12)17;6-3(5(9)10)1-2-4(7)8/h5-6,11,14,16,19H,2-4,7-10H2,1H3;3H,1-2,6H2,(H,7,8)(H,9,10)/t14-,16+,17+;/m0./s1. The molecule has 3 aliphatic rings. The van der Waals surface area contributed by atoms with Crippen LogP contribution in [-0.4, -0.2) is 57.8 Å². The van der Waals surface area contributed by atoms with Crippen LogP contribution in [0.1, 0.15) is 56.1 Å². The SMILES string of the molecule is CN1CC[C@]23CCCC[C@H]2[C@H]1Cc1ccc(O)cc13.NC(CCC(=O)O)C(=O)O. The van der Waals surface area contributed by atoms with Crippen LogP contribution in [0, 0.1) is 5.92 Å². The van der Waals surface area contributed by atoms with Gasteiger partial charge in [-0.05, 0) is 74.9 Å². The molecule has 1 saturated carbocycles. The van der Waals surface area contributed by atoms with Gasteiger partial charge in [0.2, 0.25) is 0 Å². The lowest BCUT2D eigenvalue weighted by Gasteiger charge is -2.58. The molecule has 1 aromatic rings. The largest absolute Gasteiger partial charge is 0.508 e. The minimum atomic E-state index is -1.17. The molecule has 0 amide bonds. The number of phenols is 1. The third-order valence-electron chi connectivity index (χ3n) is 7.08. The van der Waals surface area contributed by atoms with E-state index in [4.69, 9.17) is 15.9 Å². The molecule has 2 fully saturated rings. The first kappa shape index (κ1) is 21.6. The van der Waals surface area contributed by atoms with Gasteiger partial charge < -0.3 is 26.0 Å². The van der Waals surface area contributed by atoms with E-state index < -0.39 is 18.0 Å². The number of piperidine rings is 1. The fourth-order valence-corrected chi connectivity index (χ4v) is 5.59. The van der Waals surface area contributed by atoms with Crippen molar-refractivity contribution >= 4 is 11.9 Å². The fourth-order valence-electron chi connectivity index (χ4n) is 5.59. The van der Waals surface area contributed by atoms with Crippen molar-refractivity contribution in [1.82, 2.24) is 4.90 Å². The van der Waals surface area contributed by atoms with Crippen LogP contribution >= 0.6 is 0 Å². The van der Waals surface area contributed by atoms with Gasteiger partial charge in [0, 0.05) is 17.9 Å². The fraction of sp³-hybridized carbons (Fsp3) is 0.636. The first-order chi connectivity index (χ1) is 13.7. The Morgan fingerprint density at radius 2 is 2.03 bits per heavy atom. The number of likely N-dealkylation sites (N-methyl/N-ethyl adjacent to an activating group) is 1. The maximum absolute atomic E-state index is 9.99. The third kappa shape index (κ3) is 4.41. The Balaban J connectivity index is 0.000000207. The van der Waals surface area contributed by atoms with Crippen LogP contribution < -0.4 is 5.73 Å². The number of hydrogen-bond acceptors (Lipinski definition) is 5. The quantitative estimate of drug-likeness (QED) is 0.607. The monoisotopic (exact) mass is 404 g/mol. The Hall–Kier alpha value is -2.12. The van der Waals surface area contributed by atoms with Gasteiger partial charge in [0.25, 0.3) is 0 Å². The summed E-state index contributed by atoms with van der Waals surface area (Å²) in [6.45, 7) is 1.22. The van der Waals surface area contributed by atoms with Gasteiger partial charge in [-0.1, -0.05) is 18.9 Å². The molecule has 1 aromatic carbocycles. The molecule has 0 radical (unpaired) electrons. The molecule has 7 heteroatoms. The third-order valence-corrected chi connectivity index (χ3v) is 7.08. The molecule has 29 heavy (non-hydrogen) atoms. The number of aliphatic carboxylic acids is 2. The number of fused-ring (bicyclic) bond motifs is 1. The average molecular weight is 405 g/mol. The lowest BCUT2D eigenvalue weighted by molar-refractivity contribution is -0.139. The van der Waals surface area contributed by atoms with E-state index in [1.165, 1.54) is 56.2 Å². The number of aromatic hydroxyl groups is 1. The minimum absolute atomic E-state index is 0.0231. The maximum atomic E-state index is 9.99. The van der Waals surface area contributed by atoms with Crippen LogP contribution in [0.5, 0.6) is 5.75 Å². The van der Waals surface area contributed by atoms with E-state index in [0.717, 1.165) is 12.0 Å². The highest BCUT2D eigenvalue weighted by atomic mass is 16.4. The molecular formula is C22H32N2O5. The van der Waals surface area contributed by atoms with Crippen LogP contribution in [0.2, 0.25) is 0 Å². The Morgan fingerprint density at radius 3 is 2.72 bits per heavy atom. The molecule has 4 atom stereocenters. The van der Waals surface area contributed by atoms with Crippen molar-refractivity contribution in [3.63, 3.8) is 0 Å². The molecule has 0 aromatic heterocycles. The zero-order valence-corrected chi connectivity index (χ0v) is 17.0. The number of hydrogen-bond donors (Lipinski definition) is 4. The lowest BCUT2D eigenvalue weighted by Crippen LogP contribution is -2.59. The second-order valence-corrected chi connectivity index (χ2v) is 8.73. The number of nitrogens with zero attached hydrogens (tertiary/aromatic N) is 1. The van der Waals surface area contributed by atoms with Crippen LogP contribution in [0.4, 0.5) is 0 Å². The Labute approximate surface area is 171 Å². The van der Waals surface area contributed by atoms with Crippen molar-refractivity contribution in [1.29, 1.82) is 0 Å². The average Bonchev–Trinajstić information content (AvgIpc) is 2.69. The van der Waals surface area contributed by atoms with E-state index in [1.54, 1.807) is 0 Å². The van der Waals surface area contributed by atoms with Gasteiger partial charge in [0.05, 0.1) is 0 Å². The van der Waals surface area contributed by atoms with E-state index in [-0.39, 0.29) is 12.8 Å². The summed E-state index contributed by atoms with van der Waals surface area (Å²) in [5.41, 5.74) is 8.36. The molecule has 1 aliphatic heterocycles. The lowest BCUT2D eigenvalue weighted by atomic mass is 9.52. The molecule has 7 nitrogen and oxygen atoms in total. The molecule has 0 spiro atoms. The number of carboxylic acids is 2. The summed E-state index contributed by atoms with van der Waals surface area (Å²) in [5, 5.41) is 26.2. The normalized spacial score (nSPS) is 28.9. The first-order valence-electron chi connectivity index (χ1n) is 10.5. The van der Waals surface area contributed by atoms with Crippen molar-refractivity contribution in [2.24, 2.45) is 11.7 Å². The number of phenolic OH excluding ortho intramolecular Hbond substituents is 1. The zero-order valence-electron chi connectivity index (χ0n) is 17.0. The molecular weight excluding hydrogens is 372 g/mol. The highest BCUT2D eigenvalue weighted by Gasteiger charge is 2.52. The second-order valence-electron chi connectivity index (χ2n) is 8.73. The molecule has 160 valence electrons. The van der Waals surface area contributed by atoms with Gasteiger partial charge in [-0.25, -0.2) is 0 Å². The smallest absolute Gasteiger partial charge is 0.320 e. The van der Waals surface area contributed by atoms with Crippen molar-refractivity contribution in [2.45, 2.75) is 68.9 Å². The minimum Gasteiger partial charge on any atom is -0.508 e. The van der Waals surface area contributed by atoms with Crippen molar-refractivity contribution in [3.05, 3.63) is 29.3 Å². The second kappa shape index (κ2) is 8.71. The summed E-state index contributed by atoms with van der Waals surface area (Å²) < 4.78 is 0. The van der Waals surface area contributed by atoms with E-state index in [9.17, 15) is 14.7 Å². The van der Waals surface area contributed by atoms with Gasteiger partial charge >= 0.3 is 11.9 Å². The van der Waals surface area contributed by atoms with Crippen molar-refractivity contribution in [2.75, 3.05) is 13.6 Å². The van der Waals surface area contributed by atoms with Crippen LogP contribution in [0.25, 0.3) is 0 Å².